The number of ether oxygens (including phenoxy) is 2. The molecule has 0 saturated heterocycles. The molecule has 0 bridgehead atoms. The van der Waals surface area contributed by atoms with Crippen molar-refractivity contribution in [3.63, 3.8) is 0 Å². The Kier molecular flexibility index (Phi) is 4.54. The first-order valence-electron chi connectivity index (χ1n) is 5.35. The van der Waals surface area contributed by atoms with Crippen LogP contribution in [0.25, 0.3) is 0 Å². The highest BCUT2D eigenvalue weighted by atomic mass is 16.7. The molecule has 0 aliphatic carbocycles. The maximum Gasteiger partial charge on any atom is 0.294 e. The Balaban J connectivity index is 3.16. The van der Waals surface area contributed by atoms with E-state index in [0.717, 1.165) is 0 Å². The van der Waals surface area contributed by atoms with E-state index in [1.165, 1.54) is 14.2 Å². The lowest BCUT2D eigenvalue weighted by molar-refractivity contribution is -0.184. The summed E-state index contributed by atoms with van der Waals surface area (Å²) in [6.07, 6.45) is 0.167. The fraction of sp³-hybridized carbons (Fsp3) is 0.385. The van der Waals surface area contributed by atoms with Gasteiger partial charge in [0.25, 0.3) is 5.79 Å². The van der Waals surface area contributed by atoms with E-state index >= 15 is 0 Å². The second-order valence-corrected chi connectivity index (χ2v) is 3.50. The summed E-state index contributed by atoms with van der Waals surface area (Å²) in [7, 11) is 2.58. The van der Waals surface area contributed by atoms with Crippen molar-refractivity contribution in [2.24, 2.45) is 0 Å². The van der Waals surface area contributed by atoms with Crippen LogP contribution in [0.2, 0.25) is 0 Å². The molecule has 1 aromatic carbocycles. The minimum atomic E-state index is -1.82. The average Bonchev–Trinajstić information content (AvgIpc) is 2.41. The van der Waals surface area contributed by atoms with Crippen LogP contribution in [-0.4, -0.2) is 31.6 Å². The van der Waals surface area contributed by atoms with E-state index in [-0.39, 0.29) is 6.42 Å². The molecule has 92 valence electrons. The Bertz CT molecular complexity index is 393. The van der Waals surface area contributed by atoms with Gasteiger partial charge in [-0.1, -0.05) is 37.3 Å². The summed E-state index contributed by atoms with van der Waals surface area (Å²) >= 11 is 0. The summed E-state index contributed by atoms with van der Waals surface area (Å²) in [5.74, 6) is -2.69. The van der Waals surface area contributed by atoms with Crippen LogP contribution in [0.1, 0.15) is 23.7 Å². The largest absolute Gasteiger partial charge is 0.341 e. The number of benzene rings is 1. The zero-order chi connectivity index (χ0) is 12.9. The Morgan fingerprint density at radius 2 is 1.65 bits per heavy atom. The molecule has 0 aliphatic heterocycles. The van der Waals surface area contributed by atoms with Crippen LogP contribution in [0.5, 0.6) is 0 Å². The maximum absolute atomic E-state index is 12.3. The molecule has 0 radical (unpaired) electrons. The van der Waals surface area contributed by atoms with Crippen molar-refractivity contribution in [2.75, 3.05) is 14.2 Å². The van der Waals surface area contributed by atoms with Gasteiger partial charge in [-0.15, -0.1) is 0 Å². The number of ketones is 2. The number of hydrogen-bond donors (Lipinski definition) is 0. The fourth-order valence-electron chi connectivity index (χ4n) is 1.64. The summed E-state index contributed by atoms with van der Waals surface area (Å²) in [5.41, 5.74) is 0.387. The van der Waals surface area contributed by atoms with Gasteiger partial charge in [0.2, 0.25) is 5.78 Å². The molecule has 1 rings (SSSR count). The van der Waals surface area contributed by atoms with E-state index in [0.29, 0.717) is 5.56 Å². The molecule has 4 nitrogen and oxygen atoms in total. The lowest BCUT2D eigenvalue weighted by Crippen LogP contribution is -2.50. The standard InChI is InChI=1S/C13H16O4/c1-4-11(14)13(16-2,17-3)12(15)10-8-6-5-7-9-10/h5-9H,4H2,1-3H3. The molecule has 0 unspecified atom stereocenters. The Labute approximate surface area is 101 Å². The monoisotopic (exact) mass is 236 g/mol. The number of Topliss-reactive ketones (excluding diaryl/α,β-unsaturated/α-hetero) is 2. The van der Waals surface area contributed by atoms with Gasteiger partial charge >= 0.3 is 0 Å². The Hall–Kier alpha value is -1.52. The lowest BCUT2D eigenvalue weighted by Gasteiger charge is -2.27. The van der Waals surface area contributed by atoms with Gasteiger partial charge in [-0.3, -0.25) is 9.59 Å². The minimum Gasteiger partial charge on any atom is -0.341 e. The molecule has 0 N–H and O–H groups in total. The van der Waals surface area contributed by atoms with E-state index in [1.807, 2.05) is 0 Å². The van der Waals surface area contributed by atoms with E-state index in [2.05, 4.69) is 0 Å². The van der Waals surface area contributed by atoms with Gasteiger partial charge in [0.1, 0.15) is 0 Å². The maximum atomic E-state index is 12.3. The second kappa shape index (κ2) is 5.70. The quantitative estimate of drug-likeness (QED) is 0.429. The van der Waals surface area contributed by atoms with Crippen LogP contribution < -0.4 is 0 Å². The van der Waals surface area contributed by atoms with Crippen molar-refractivity contribution in [3.05, 3.63) is 35.9 Å². The second-order valence-electron chi connectivity index (χ2n) is 3.50. The van der Waals surface area contributed by atoms with Crippen LogP contribution in [-0.2, 0) is 14.3 Å². The highest BCUT2D eigenvalue weighted by molar-refractivity contribution is 6.16. The first-order valence-corrected chi connectivity index (χ1v) is 5.35. The number of rotatable bonds is 6. The third kappa shape index (κ3) is 2.43. The minimum absolute atomic E-state index is 0.167. The summed E-state index contributed by atoms with van der Waals surface area (Å²) in [6.45, 7) is 1.66. The van der Waals surface area contributed by atoms with Crippen LogP contribution >= 0.6 is 0 Å². The number of carbonyl (C=O) groups is 2. The van der Waals surface area contributed by atoms with E-state index in [1.54, 1.807) is 37.3 Å². The van der Waals surface area contributed by atoms with E-state index in [4.69, 9.17) is 9.47 Å². The normalized spacial score (nSPS) is 11.2. The average molecular weight is 236 g/mol. The number of methoxy groups -OCH3 is 2. The predicted molar refractivity (Wildman–Crippen MR) is 62.8 cm³/mol. The van der Waals surface area contributed by atoms with E-state index in [9.17, 15) is 9.59 Å². The van der Waals surface area contributed by atoms with E-state index < -0.39 is 17.4 Å². The zero-order valence-corrected chi connectivity index (χ0v) is 10.2. The molecule has 0 aromatic heterocycles. The molecule has 0 heterocycles. The number of hydrogen-bond acceptors (Lipinski definition) is 4. The molecule has 0 amide bonds. The highest BCUT2D eigenvalue weighted by Gasteiger charge is 2.45. The van der Waals surface area contributed by atoms with Gasteiger partial charge in [0.05, 0.1) is 0 Å². The third-order valence-corrected chi connectivity index (χ3v) is 2.60. The van der Waals surface area contributed by atoms with Crippen LogP contribution in [0.15, 0.2) is 30.3 Å². The molecule has 4 heteroatoms. The third-order valence-electron chi connectivity index (χ3n) is 2.60. The molecular weight excluding hydrogens is 220 g/mol. The van der Waals surface area contributed by atoms with Crippen molar-refractivity contribution in [3.8, 4) is 0 Å². The van der Waals surface area contributed by atoms with Crippen molar-refractivity contribution < 1.29 is 19.1 Å². The SMILES string of the molecule is CCC(=O)C(OC)(OC)C(=O)c1ccccc1. The number of carbonyl (C=O) groups excluding carboxylic acids is 2. The highest BCUT2D eigenvalue weighted by Crippen LogP contribution is 2.21. The van der Waals surface area contributed by atoms with Crippen molar-refractivity contribution in [2.45, 2.75) is 19.1 Å². The van der Waals surface area contributed by atoms with Crippen molar-refractivity contribution >= 4 is 11.6 Å². The summed E-state index contributed by atoms with van der Waals surface area (Å²) < 4.78 is 10.1. The molecule has 0 saturated carbocycles. The molecule has 0 aliphatic rings. The molecule has 0 spiro atoms. The Morgan fingerprint density at radius 3 is 2.06 bits per heavy atom. The zero-order valence-electron chi connectivity index (χ0n) is 10.2. The summed E-state index contributed by atoms with van der Waals surface area (Å²) in [4.78, 5) is 24.1. The van der Waals surface area contributed by atoms with Gasteiger partial charge in [-0.25, -0.2) is 0 Å². The molecule has 1 aromatic rings. The van der Waals surface area contributed by atoms with Gasteiger partial charge in [-0.2, -0.15) is 0 Å². The van der Waals surface area contributed by atoms with Crippen molar-refractivity contribution in [1.82, 2.24) is 0 Å². The van der Waals surface area contributed by atoms with Gasteiger partial charge in [-0.05, 0) is 0 Å². The molecule has 17 heavy (non-hydrogen) atoms. The summed E-state index contributed by atoms with van der Waals surface area (Å²) in [5, 5.41) is 0. The predicted octanol–water partition coefficient (Wildman–Crippen LogP) is 1.84. The van der Waals surface area contributed by atoms with Crippen molar-refractivity contribution in [1.29, 1.82) is 0 Å². The Morgan fingerprint density at radius 1 is 1.12 bits per heavy atom. The molecule has 0 fully saturated rings. The van der Waals surface area contributed by atoms with Gasteiger partial charge in [0.15, 0.2) is 5.78 Å². The smallest absolute Gasteiger partial charge is 0.294 e. The van der Waals surface area contributed by atoms with Gasteiger partial charge in [0, 0.05) is 26.2 Å². The molecular formula is C13H16O4. The van der Waals surface area contributed by atoms with Crippen LogP contribution in [0, 0.1) is 0 Å². The lowest BCUT2D eigenvalue weighted by atomic mass is 9.98. The first-order chi connectivity index (χ1) is 8.12. The van der Waals surface area contributed by atoms with Crippen LogP contribution in [0.3, 0.4) is 0 Å². The fourth-order valence-corrected chi connectivity index (χ4v) is 1.64. The summed E-state index contributed by atoms with van der Waals surface area (Å²) in [6, 6.07) is 8.48. The first kappa shape index (κ1) is 13.5. The van der Waals surface area contributed by atoms with Gasteiger partial charge < -0.3 is 9.47 Å². The molecule has 0 atom stereocenters. The van der Waals surface area contributed by atoms with Crippen LogP contribution in [0.4, 0.5) is 0 Å². The topological polar surface area (TPSA) is 52.6 Å².